The molecule has 0 atom stereocenters. The van der Waals surface area contributed by atoms with Crippen LogP contribution in [-0.4, -0.2) is 26.6 Å². The fourth-order valence-electron chi connectivity index (χ4n) is 3.07. The van der Waals surface area contributed by atoms with Gasteiger partial charge in [0.2, 0.25) is 0 Å². The van der Waals surface area contributed by atoms with Crippen molar-refractivity contribution in [1.29, 1.82) is 0 Å². The average molecular weight is 395 g/mol. The topological polar surface area (TPSA) is 75.0 Å². The van der Waals surface area contributed by atoms with Crippen LogP contribution in [0.1, 0.15) is 18.5 Å². The molecule has 0 radical (unpaired) electrons. The number of hydrogen-bond donors (Lipinski definition) is 1. The maximum Gasteiger partial charge on any atom is 0.258 e. The number of H-pyrrole nitrogens is 1. The van der Waals surface area contributed by atoms with E-state index >= 15 is 0 Å². The molecular weight excluding hydrogens is 376 g/mol. The van der Waals surface area contributed by atoms with Crippen LogP contribution in [0.2, 0.25) is 5.02 Å². The summed E-state index contributed by atoms with van der Waals surface area (Å²) in [5, 5.41) is 5.42. The highest BCUT2D eigenvalue weighted by molar-refractivity contribution is 6.30. The van der Waals surface area contributed by atoms with Gasteiger partial charge in [0, 0.05) is 16.7 Å². The third-order valence-corrected chi connectivity index (χ3v) is 4.81. The number of nitrogens with one attached hydrogen (secondary N) is 1. The van der Waals surface area contributed by atoms with E-state index in [1.165, 1.54) is 0 Å². The third kappa shape index (κ3) is 3.98. The Morgan fingerprint density at radius 3 is 2.68 bits per heavy atom. The van der Waals surface area contributed by atoms with E-state index in [1.807, 2.05) is 48.5 Å². The number of para-hydroxylation sites is 1. The highest BCUT2D eigenvalue weighted by Crippen LogP contribution is 2.22. The molecule has 1 N–H and O–H groups in total. The van der Waals surface area contributed by atoms with E-state index in [2.05, 4.69) is 26.9 Å². The van der Waals surface area contributed by atoms with Gasteiger partial charge < -0.3 is 9.51 Å². The Kier molecular flexibility index (Phi) is 5.23. The number of halogens is 1. The van der Waals surface area contributed by atoms with E-state index in [4.69, 9.17) is 16.1 Å². The Labute approximate surface area is 166 Å². The molecule has 0 amide bonds. The number of rotatable bonds is 6. The van der Waals surface area contributed by atoms with Gasteiger partial charge in [0.1, 0.15) is 11.5 Å². The summed E-state index contributed by atoms with van der Waals surface area (Å²) in [6, 6.07) is 16.7. The molecule has 0 bridgehead atoms. The summed E-state index contributed by atoms with van der Waals surface area (Å²) in [6.07, 6.45) is 0. The van der Waals surface area contributed by atoms with Crippen LogP contribution in [0.25, 0.3) is 22.2 Å². The molecule has 142 valence electrons. The summed E-state index contributed by atoms with van der Waals surface area (Å²) in [4.78, 5) is 21.8. The monoisotopic (exact) mass is 394 g/mol. The molecule has 28 heavy (non-hydrogen) atoms. The van der Waals surface area contributed by atoms with Crippen molar-refractivity contribution in [3.05, 3.63) is 81.6 Å². The van der Waals surface area contributed by atoms with Gasteiger partial charge in [0.05, 0.1) is 24.0 Å². The molecule has 4 aromatic rings. The zero-order valence-corrected chi connectivity index (χ0v) is 16.1. The van der Waals surface area contributed by atoms with Gasteiger partial charge in [-0.3, -0.25) is 9.69 Å². The lowest BCUT2D eigenvalue weighted by Gasteiger charge is -2.18. The number of hydrogen-bond acceptors (Lipinski definition) is 5. The van der Waals surface area contributed by atoms with Crippen molar-refractivity contribution < 1.29 is 4.52 Å². The number of aromatic amines is 1. The van der Waals surface area contributed by atoms with Crippen LogP contribution in [0.15, 0.2) is 63.9 Å². The molecule has 0 spiro atoms. The van der Waals surface area contributed by atoms with E-state index in [0.29, 0.717) is 34.8 Å². The average Bonchev–Trinajstić information content (AvgIpc) is 3.16. The van der Waals surface area contributed by atoms with Crippen molar-refractivity contribution in [3.8, 4) is 11.3 Å². The third-order valence-electron chi connectivity index (χ3n) is 4.56. The van der Waals surface area contributed by atoms with Crippen molar-refractivity contribution in [3.63, 3.8) is 0 Å². The van der Waals surface area contributed by atoms with Gasteiger partial charge in [-0.2, -0.15) is 0 Å². The maximum atomic E-state index is 12.3. The van der Waals surface area contributed by atoms with Crippen LogP contribution in [0, 0.1) is 0 Å². The smallest absolute Gasteiger partial charge is 0.258 e. The normalized spacial score (nSPS) is 11.4. The molecule has 2 aromatic heterocycles. The first-order valence-electron chi connectivity index (χ1n) is 9.04. The van der Waals surface area contributed by atoms with Gasteiger partial charge >= 0.3 is 0 Å². The maximum absolute atomic E-state index is 12.3. The second-order valence-electron chi connectivity index (χ2n) is 6.52. The first-order chi connectivity index (χ1) is 13.6. The molecule has 2 heterocycles. The Morgan fingerprint density at radius 2 is 1.89 bits per heavy atom. The number of aromatic nitrogens is 3. The number of nitrogens with zero attached hydrogens (tertiary/aromatic N) is 3. The second kappa shape index (κ2) is 7.96. The lowest BCUT2D eigenvalue weighted by atomic mass is 10.1. The van der Waals surface area contributed by atoms with Crippen LogP contribution < -0.4 is 5.56 Å². The van der Waals surface area contributed by atoms with Crippen LogP contribution in [0.5, 0.6) is 0 Å². The van der Waals surface area contributed by atoms with Crippen molar-refractivity contribution in [2.24, 2.45) is 0 Å². The first-order valence-corrected chi connectivity index (χ1v) is 9.42. The van der Waals surface area contributed by atoms with Crippen molar-refractivity contribution in [2.45, 2.75) is 20.0 Å². The van der Waals surface area contributed by atoms with Gasteiger partial charge in [0.15, 0.2) is 5.76 Å². The van der Waals surface area contributed by atoms with E-state index in [0.717, 1.165) is 23.6 Å². The fraction of sp³-hybridized carbons (Fsp3) is 0.190. The van der Waals surface area contributed by atoms with Crippen molar-refractivity contribution in [2.75, 3.05) is 6.54 Å². The molecule has 0 saturated carbocycles. The summed E-state index contributed by atoms with van der Waals surface area (Å²) in [6.45, 7) is 3.89. The number of fused-ring (bicyclic) bond motifs is 1. The molecule has 2 aromatic carbocycles. The zero-order chi connectivity index (χ0) is 19.5. The molecule has 7 heteroatoms. The van der Waals surface area contributed by atoms with Gasteiger partial charge in [-0.25, -0.2) is 4.98 Å². The standard InChI is InChI=1S/C21H19ClN4O2/c1-2-26(13-20-23-18-6-4-3-5-17(18)21(27)24-20)12-16-11-19(25-28-16)14-7-9-15(22)10-8-14/h3-11H,2,12-13H2,1H3,(H,23,24,27). The molecule has 0 unspecified atom stereocenters. The van der Waals surface area contributed by atoms with E-state index in [9.17, 15) is 4.79 Å². The lowest BCUT2D eigenvalue weighted by Crippen LogP contribution is -2.25. The van der Waals surface area contributed by atoms with Gasteiger partial charge in [-0.1, -0.05) is 47.9 Å². The predicted octanol–water partition coefficient (Wildman–Crippen LogP) is 4.25. The zero-order valence-electron chi connectivity index (χ0n) is 15.4. The largest absolute Gasteiger partial charge is 0.359 e. The Morgan fingerprint density at radius 1 is 1.11 bits per heavy atom. The lowest BCUT2D eigenvalue weighted by molar-refractivity contribution is 0.229. The number of benzene rings is 2. The highest BCUT2D eigenvalue weighted by atomic mass is 35.5. The van der Waals surface area contributed by atoms with Crippen molar-refractivity contribution in [1.82, 2.24) is 20.0 Å². The minimum Gasteiger partial charge on any atom is -0.359 e. The van der Waals surface area contributed by atoms with Crippen LogP contribution in [-0.2, 0) is 13.1 Å². The minimum absolute atomic E-state index is 0.124. The fourth-order valence-corrected chi connectivity index (χ4v) is 3.19. The minimum atomic E-state index is -0.124. The van der Waals surface area contributed by atoms with Gasteiger partial charge in [-0.05, 0) is 30.8 Å². The molecule has 0 aliphatic carbocycles. The Hall–Kier alpha value is -2.96. The summed E-state index contributed by atoms with van der Waals surface area (Å²) < 4.78 is 5.50. The summed E-state index contributed by atoms with van der Waals surface area (Å²) in [5.74, 6) is 1.37. The quantitative estimate of drug-likeness (QED) is 0.529. The van der Waals surface area contributed by atoms with Crippen LogP contribution in [0.3, 0.4) is 0 Å². The van der Waals surface area contributed by atoms with Crippen LogP contribution >= 0.6 is 11.6 Å². The van der Waals surface area contributed by atoms with E-state index < -0.39 is 0 Å². The highest BCUT2D eigenvalue weighted by Gasteiger charge is 2.13. The molecule has 6 nitrogen and oxygen atoms in total. The molecule has 4 rings (SSSR count). The van der Waals surface area contributed by atoms with Gasteiger partial charge in [0.25, 0.3) is 5.56 Å². The van der Waals surface area contributed by atoms with E-state index in [1.54, 1.807) is 6.07 Å². The summed E-state index contributed by atoms with van der Waals surface area (Å²) >= 11 is 5.93. The molecule has 0 fully saturated rings. The second-order valence-corrected chi connectivity index (χ2v) is 6.95. The van der Waals surface area contributed by atoms with E-state index in [-0.39, 0.29) is 5.56 Å². The van der Waals surface area contributed by atoms with Gasteiger partial charge in [-0.15, -0.1) is 0 Å². The summed E-state index contributed by atoms with van der Waals surface area (Å²) in [7, 11) is 0. The molecule has 0 saturated heterocycles. The first kappa shape index (κ1) is 18.4. The molecule has 0 aliphatic rings. The van der Waals surface area contributed by atoms with Crippen LogP contribution in [0.4, 0.5) is 0 Å². The Bertz CT molecular complexity index is 1150. The molecular formula is C21H19ClN4O2. The SMILES string of the molecule is CCN(Cc1nc2ccccc2c(=O)[nH]1)Cc1cc(-c2ccc(Cl)cc2)no1. The molecule has 0 aliphatic heterocycles. The van der Waals surface area contributed by atoms with Crippen molar-refractivity contribution >= 4 is 22.5 Å². The Balaban J connectivity index is 1.51. The summed E-state index contributed by atoms with van der Waals surface area (Å²) in [5.41, 5.74) is 2.28. The predicted molar refractivity (Wildman–Crippen MR) is 109 cm³/mol.